The number of rotatable bonds is 8. The Hall–Kier alpha value is -2.26. The monoisotopic (exact) mass is 369 g/mol. The Morgan fingerprint density at radius 2 is 2.21 bits per heavy atom. The molecule has 2 rings (SSSR count). The van der Waals surface area contributed by atoms with Gasteiger partial charge < -0.3 is 4.74 Å². The van der Waals surface area contributed by atoms with Crippen LogP contribution in [-0.2, 0) is 4.79 Å². The van der Waals surface area contributed by atoms with E-state index >= 15 is 0 Å². The first-order valence-corrected chi connectivity index (χ1v) is 8.49. The number of amides is 1. The Kier molecular flexibility index (Phi) is 6.89. The highest BCUT2D eigenvalue weighted by Crippen LogP contribution is 2.25. The third-order valence-corrected chi connectivity index (χ3v) is 4.48. The quantitative estimate of drug-likeness (QED) is 0.329. The molecule has 0 saturated carbocycles. The number of carbonyl (C=O) groups excluding carboxylic acids is 1. The number of alkyl halides is 2. The van der Waals surface area contributed by atoms with Crippen molar-refractivity contribution in [3.8, 4) is 5.75 Å². The molecule has 0 aliphatic rings. The van der Waals surface area contributed by atoms with Crippen molar-refractivity contribution >= 4 is 40.2 Å². The van der Waals surface area contributed by atoms with Gasteiger partial charge in [0.25, 0.3) is 0 Å². The number of hydrogen-bond donors (Lipinski definition) is 1. The number of halogens is 2. The van der Waals surface area contributed by atoms with Gasteiger partial charge in [-0.3, -0.25) is 10.1 Å². The minimum atomic E-state index is -2.93. The lowest BCUT2D eigenvalue weighted by atomic mass is 10.2. The molecule has 1 amide bonds. The Morgan fingerprint density at radius 3 is 2.96 bits per heavy atom. The van der Waals surface area contributed by atoms with Gasteiger partial charge in [-0.1, -0.05) is 47.4 Å². The molecular formula is C15H13F2N3O2S2. The van der Waals surface area contributed by atoms with Crippen molar-refractivity contribution in [3.05, 3.63) is 48.6 Å². The van der Waals surface area contributed by atoms with Crippen molar-refractivity contribution in [2.75, 3.05) is 11.1 Å². The molecule has 9 heteroatoms. The average molecular weight is 369 g/mol. The van der Waals surface area contributed by atoms with Crippen LogP contribution in [0.15, 0.2) is 47.3 Å². The first-order chi connectivity index (χ1) is 11.6. The van der Waals surface area contributed by atoms with Crippen LogP contribution in [0.25, 0.3) is 6.08 Å². The van der Waals surface area contributed by atoms with Crippen LogP contribution < -0.4 is 10.1 Å². The molecule has 0 spiro atoms. The average Bonchev–Trinajstić information content (AvgIpc) is 2.99. The van der Waals surface area contributed by atoms with Crippen molar-refractivity contribution in [1.82, 2.24) is 10.2 Å². The third kappa shape index (κ3) is 5.74. The Balaban J connectivity index is 1.98. The molecule has 2 aromatic rings. The fourth-order valence-corrected chi connectivity index (χ4v) is 3.10. The fourth-order valence-electron chi connectivity index (χ4n) is 1.58. The van der Waals surface area contributed by atoms with Crippen molar-refractivity contribution in [2.24, 2.45) is 0 Å². The second kappa shape index (κ2) is 9.14. The summed E-state index contributed by atoms with van der Waals surface area (Å²) in [7, 11) is 0. The molecule has 0 unspecified atom stereocenters. The van der Waals surface area contributed by atoms with Crippen LogP contribution in [0.1, 0.15) is 5.56 Å². The minimum absolute atomic E-state index is 0.00410. The summed E-state index contributed by atoms with van der Waals surface area (Å²) in [6, 6.07) is 6.19. The highest BCUT2D eigenvalue weighted by Gasteiger charge is 2.09. The predicted octanol–water partition coefficient (Wildman–Crippen LogP) is 4.07. The maximum atomic E-state index is 12.3. The Bertz CT molecular complexity index is 735. The maximum absolute atomic E-state index is 12.3. The van der Waals surface area contributed by atoms with Crippen LogP contribution in [0.2, 0.25) is 0 Å². The highest BCUT2D eigenvalue weighted by molar-refractivity contribution is 8.01. The van der Waals surface area contributed by atoms with Gasteiger partial charge in [0, 0.05) is 17.4 Å². The van der Waals surface area contributed by atoms with E-state index in [1.165, 1.54) is 41.3 Å². The van der Waals surface area contributed by atoms with Crippen LogP contribution in [0.4, 0.5) is 13.9 Å². The molecule has 1 N–H and O–H groups in total. The largest absolute Gasteiger partial charge is 0.434 e. The second-order valence-corrected chi connectivity index (χ2v) is 6.46. The second-order valence-electron chi connectivity index (χ2n) is 4.21. The first kappa shape index (κ1) is 18.1. The van der Waals surface area contributed by atoms with E-state index in [1.807, 2.05) is 0 Å². The molecule has 0 radical (unpaired) electrons. The minimum Gasteiger partial charge on any atom is -0.434 e. The van der Waals surface area contributed by atoms with Crippen LogP contribution in [-0.4, -0.2) is 28.5 Å². The first-order valence-electron chi connectivity index (χ1n) is 6.68. The smallest absolute Gasteiger partial charge is 0.387 e. The summed E-state index contributed by atoms with van der Waals surface area (Å²) in [4.78, 5) is 11.9. The molecular weight excluding hydrogens is 356 g/mol. The molecule has 24 heavy (non-hydrogen) atoms. The van der Waals surface area contributed by atoms with E-state index in [2.05, 4.69) is 26.8 Å². The topological polar surface area (TPSA) is 64.1 Å². The van der Waals surface area contributed by atoms with Gasteiger partial charge in [0.15, 0.2) is 4.34 Å². The van der Waals surface area contributed by atoms with E-state index in [1.54, 1.807) is 24.3 Å². The van der Waals surface area contributed by atoms with E-state index < -0.39 is 12.5 Å². The summed E-state index contributed by atoms with van der Waals surface area (Å²) >= 11 is 2.69. The lowest BCUT2D eigenvalue weighted by Crippen LogP contribution is -2.07. The normalized spacial score (nSPS) is 11.0. The number of nitrogens with zero attached hydrogens (tertiary/aromatic N) is 2. The lowest BCUT2D eigenvalue weighted by Gasteiger charge is -2.07. The van der Waals surface area contributed by atoms with E-state index in [9.17, 15) is 13.6 Å². The number of nitrogens with one attached hydrogen (secondary N) is 1. The molecule has 0 atom stereocenters. The van der Waals surface area contributed by atoms with E-state index in [0.29, 0.717) is 20.8 Å². The maximum Gasteiger partial charge on any atom is 0.387 e. The molecule has 0 aliphatic carbocycles. The molecule has 5 nitrogen and oxygen atoms in total. The van der Waals surface area contributed by atoms with Crippen LogP contribution in [0.3, 0.4) is 0 Å². The van der Waals surface area contributed by atoms with Crippen LogP contribution in [0.5, 0.6) is 5.75 Å². The number of thioether (sulfide) groups is 1. The number of hydrogen-bond acceptors (Lipinski definition) is 6. The van der Waals surface area contributed by atoms with E-state index in [-0.39, 0.29) is 5.75 Å². The third-order valence-electron chi connectivity index (χ3n) is 2.51. The van der Waals surface area contributed by atoms with Gasteiger partial charge in [-0.05, 0) is 12.1 Å². The molecule has 1 aromatic carbocycles. The van der Waals surface area contributed by atoms with Gasteiger partial charge in [0.1, 0.15) is 5.75 Å². The molecule has 0 aliphatic heterocycles. The van der Waals surface area contributed by atoms with Gasteiger partial charge in [-0.25, -0.2) is 0 Å². The van der Waals surface area contributed by atoms with E-state index in [0.717, 1.165) is 0 Å². The zero-order valence-corrected chi connectivity index (χ0v) is 13.9. The standard InChI is InChI=1S/C15H13F2N3O2S2/c1-2-9-23-15-20-19-14(24-15)18-12(21)8-7-10-5-3-4-6-11(10)22-13(16)17/h2-8,13H,1,9H2,(H,18,19,21)/b8-7+. The Labute approximate surface area is 145 Å². The summed E-state index contributed by atoms with van der Waals surface area (Å²) in [5.41, 5.74) is 0.368. The van der Waals surface area contributed by atoms with Gasteiger partial charge >= 0.3 is 6.61 Å². The van der Waals surface area contributed by atoms with Crippen LogP contribution >= 0.6 is 23.1 Å². The fraction of sp³-hybridized carbons (Fsp3) is 0.133. The van der Waals surface area contributed by atoms with Crippen molar-refractivity contribution in [2.45, 2.75) is 11.0 Å². The summed E-state index contributed by atoms with van der Waals surface area (Å²) in [6.07, 6.45) is 4.35. The number of benzene rings is 1. The van der Waals surface area contributed by atoms with Gasteiger partial charge in [0.05, 0.1) is 0 Å². The number of para-hydroxylation sites is 1. The number of carbonyl (C=O) groups is 1. The molecule has 1 heterocycles. The lowest BCUT2D eigenvalue weighted by molar-refractivity contribution is -0.111. The molecule has 126 valence electrons. The summed E-state index contributed by atoms with van der Waals surface area (Å²) in [5, 5.41) is 10.7. The van der Waals surface area contributed by atoms with Crippen molar-refractivity contribution in [1.29, 1.82) is 0 Å². The number of ether oxygens (including phenoxy) is 1. The van der Waals surface area contributed by atoms with Gasteiger partial charge in [-0.2, -0.15) is 8.78 Å². The molecule has 1 aromatic heterocycles. The summed E-state index contributed by atoms with van der Waals surface area (Å²) in [6.45, 7) is 0.679. The summed E-state index contributed by atoms with van der Waals surface area (Å²) < 4.78 is 29.8. The summed E-state index contributed by atoms with van der Waals surface area (Å²) in [5.74, 6) is 0.248. The van der Waals surface area contributed by atoms with Crippen LogP contribution in [0, 0.1) is 0 Å². The zero-order chi connectivity index (χ0) is 17.4. The van der Waals surface area contributed by atoms with Gasteiger partial charge in [-0.15, -0.1) is 16.8 Å². The predicted molar refractivity (Wildman–Crippen MR) is 91.6 cm³/mol. The van der Waals surface area contributed by atoms with Crippen molar-refractivity contribution < 1.29 is 18.3 Å². The van der Waals surface area contributed by atoms with Crippen molar-refractivity contribution in [3.63, 3.8) is 0 Å². The highest BCUT2D eigenvalue weighted by atomic mass is 32.2. The SMILES string of the molecule is C=CCSc1nnc(NC(=O)/C=C/c2ccccc2OC(F)F)s1. The molecule has 0 bridgehead atoms. The van der Waals surface area contributed by atoms with E-state index in [4.69, 9.17) is 0 Å². The van der Waals surface area contributed by atoms with Gasteiger partial charge in [0.2, 0.25) is 11.0 Å². The Morgan fingerprint density at radius 1 is 1.42 bits per heavy atom. The zero-order valence-electron chi connectivity index (χ0n) is 12.3. The molecule has 0 saturated heterocycles. The number of aromatic nitrogens is 2. The number of anilines is 1. The molecule has 0 fully saturated rings.